The Hall–Kier alpha value is -0.940. The van der Waals surface area contributed by atoms with E-state index < -0.39 is 5.79 Å². The van der Waals surface area contributed by atoms with Gasteiger partial charge in [-0.1, -0.05) is 65.0 Å². The van der Waals surface area contributed by atoms with E-state index in [9.17, 15) is 0 Å². The number of nitrogens with zero attached hydrogens (tertiary/aromatic N) is 1. The van der Waals surface area contributed by atoms with Crippen LogP contribution in [0.5, 0.6) is 0 Å². The number of hydrogen-bond acceptors (Lipinski definition) is 4. The van der Waals surface area contributed by atoms with Crippen molar-refractivity contribution in [2.75, 3.05) is 19.8 Å². The van der Waals surface area contributed by atoms with Crippen LogP contribution in [-0.4, -0.2) is 41.7 Å². The van der Waals surface area contributed by atoms with E-state index in [4.69, 9.17) is 14.3 Å². The molecule has 0 aromatic heterocycles. The van der Waals surface area contributed by atoms with Crippen LogP contribution in [0.15, 0.2) is 30.3 Å². The van der Waals surface area contributed by atoms with Crippen molar-refractivity contribution in [1.82, 2.24) is 5.06 Å². The zero-order valence-corrected chi connectivity index (χ0v) is 19.6. The van der Waals surface area contributed by atoms with E-state index in [1.165, 1.54) is 5.56 Å². The monoisotopic (exact) mass is 403 g/mol. The highest BCUT2D eigenvalue weighted by molar-refractivity contribution is 5.14. The SMILES string of the molecule is CCC1(C)CC2(OCC(C)(C)CO2)C(C)C(C)(CC)N1OCCc1ccccc1. The van der Waals surface area contributed by atoms with Crippen LogP contribution < -0.4 is 0 Å². The highest BCUT2D eigenvalue weighted by atomic mass is 16.7. The van der Waals surface area contributed by atoms with Crippen molar-refractivity contribution in [2.45, 2.75) is 91.0 Å². The minimum Gasteiger partial charge on any atom is -0.349 e. The van der Waals surface area contributed by atoms with Crippen LogP contribution in [0.1, 0.15) is 73.3 Å². The van der Waals surface area contributed by atoms with Crippen molar-refractivity contribution in [3.8, 4) is 0 Å². The van der Waals surface area contributed by atoms with Gasteiger partial charge < -0.3 is 9.47 Å². The quantitative estimate of drug-likeness (QED) is 0.618. The van der Waals surface area contributed by atoms with Gasteiger partial charge in [0, 0.05) is 23.3 Å². The van der Waals surface area contributed by atoms with E-state index in [0.29, 0.717) is 6.61 Å². The zero-order chi connectivity index (χ0) is 21.3. The number of hydrogen-bond donors (Lipinski definition) is 0. The molecule has 29 heavy (non-hydrogen) atoms. The standard InChI is InChI=1S/C25H41NO3/c1-8-23(6)17-25(27-18-22(4,5)19-28-25)20(3)24(7,9-2)26(23)29-16-15-21-13-11-10-12-14-21/h10-14,20H,8-9,15-19H2,1-7H3. The fourth-order valence-electron chi connectivity index (χ4n) is 5.01. The minimum absolute atomic E-state index is 0.0690. The summed E-state index contributed by atoms with van der Waals surface area (Å²) in [6.07, 6.45) is 3.71. The molecule has 3 unspecified atom stereocenters. The maximum atomic E-state index is 6.57. The third kappa shape index (κ3) is 4.27. The molecular weight excluding hydrogens is 362 g/mol. The van der Waals surface area contributed by atoms with Gasteiger partial charge in [-0.25, -0.2) is 0 Å². The molecule has 2 aliphatic heterocycles. The van der Waals surface area contributed by atoms with E-state index in [2.05, 4.69) is 83.9 Å². The number of benzene rings is 1. The van der Waals surface area contributed by atoms with Crippen LogP contribution in [0.2, 0.25) is 0 Å². The molecule has 2 saturated heterocycles. The molecule has 0 amide bonds. The summed E-state index contributed by atoms with van der Waals surface area (Å²) in [5.41, 5.74) is 1.07. The highest BCUT2D eigenvalue weighted by Crippen LogP contribution is 2.54. The van der Waals surface area contributed by atoms with Crippen LogP contribution in [0.25, 0.3) is 0 Å². The molecule has 1 aromatic carbocycles. The lowest BCUT2D eigenvalue weighted by atomic mass is 9.67. The summed E-state index contributed by atoms with van der Waals surface area (Å²) < 4.78 is 13.1. The van der Waals surface area contributed by atoms with Gasteiger partial charge in [0.1, 0.15) is 0 Å². The first-order valence-corrected chi connectivity index (χ1v) is 11.4. The van der Waals surface area contributed by atoms with Crippen LogP contribution in [-0.2, 0) is 20.7 Å². The Labute approximate surface area is 177 Å². The van der Waals surface area contributed by atoms with Crippen molar-refractivity contribution in [3.63, 3.8) is 0 Å². The number of hydroxylamine groups is 2. The molecule has 2 fully saturated rings. The Morgan fingerprint density at radius 2 is 1.62 bits per heavy atom. The molecule has 164 valence electrons. The molecule has 0 radical (unpaired) electrons. The fourth-order valence-corrected chi connectivity index (χ4v) is 5.01. The van der Waals surface area contributed by atoms with Gasteiger partial charge in [-0.15, -0.1) is 0 Å². The zero-order valence-electron chi connectivity index (χ0n) is 19.6. The summed E-state index contributed by atoms with van der Waals surface area (Å²) in [5, 5.41) is 2.31. The normalized spacial score (nSPS) is 34.4. The van der Waals surface area contributed by atoms with E-state index in [-0.39, 0.29) is 22.4 Å². The first-order valence-electron chi connectivity index (χ1n) is 11.4. The average molecular weight is 404 g/mol. The van der Waals surface area contributed by atoms with Gasteiger partial charge in [0.05, 0.1) is 25.4 Å². The van der Waals surface area contributed by atoms with Crippen molar-refractivity contribution < 1.29 is 14.3 Å². The second kappa shape index (κ2) is 8.30. The molecule has 0 bridgehead atoms. The van der Waals surface area contributed by atoms with Gasteiger partial charge in [-0.3, -0.25) is 4.84 Å². The number of piperidine rings is 1. The smallest absolute Gasteiger partial charge is 0.174 e. The largest absolute Gasteiger partial charge is 0.349 e. The molecule has 0 saturated carbocycles. The second-order valence-electron chi connectivity index (χ2n) is 10.4. The topological polar surface area (TPSA) is 30.9 Å². The summed E-state index contributed by atoms with van der Waals surface area (Å²) >= 11 is 0. The van der Waals surface area contributed by atoms with Crippen molar-refractivity contribution in [1.29, 1.82) is 0 Å². The Kier molecular flexibility index (Phi) is 6.51. The van der Waals surface area contributed by atoms with Gasteiger partial charge in [-0.2, -0.15) is 5.06 Å². The molecule has 2 heterocycles. The predicted molar refractivity (Wildman–Crippen MR) is 118 cm³/mol. The molecule has 1 aromatic rings. The summed E-state index contributed by atoms with van der Waals surface area (Å²) in [4.78, 5) is 6.57. The summed E-state index contributed by atoms with van der Waals surface area (Å²) in [7, 11) is 0. The molecule has 3 atom stereocenters. The van der Waals surface area contributed by atoms with Crippen LogP contribution in [0.3, 0.4) is 0 Å². The Morgan fingerprint density at radius 3 is 2.17 bits per heavy atom. The van der Waals surface area contributed by atoms with E-state index in [1.54, 1.807) is 0 Å². The third-order valence-electron chi connectivity index (χ3n) is 7.52. The number of rotatable bonds is 6. The lowest BCUT2D eigenvalue weighted by Crippen LogP contribution is -2.73. The van der Waals surface area contributed by atoms with Crippen LogP contribution in [0, 0.1) is 11.3 Å². The summed E-state index contributed by atoms with van der Waals surface area (Å²) in [5.74, 6) is -0.336. The molecular formula is C25H41NO3. The van der Waals surface area contributed by atoms with Gasteiger partial charge in [0.2, 0.25) is 0 Å². The molecule has 0 N–H and O–H groups in total. The minimum atomic E-state index is -0.537. The average Bonchev–Trinajstić information content (AvgIpc) is 2.72. The number of ether oxygens (including phenoxy) is 2. The lowest BCUT2D eigenvalue weighted by molar-refractivity contribution is -0.408. The fraction of sp³-hybridized carbons (Fsp3) is 0.760. The summed E-state index contributed by atoms with van der Waals surface area (Å²) in [6.45, 7) is 18.0. The van der Waals surface area contributed by atoms with Gasteiger partial charge in [-0.05, 0) is 38.7 Å². The summed E-state index contributed by atoms with van der Waals surface area (Å²) in [6, 6.07) is 10.6. The molecule has 0 aliphatic carbocycles. The molecule has 4 nitrogen and oxygen atoms in total. The molecule has 1 spiro atoms. The maximum Gasteiger partial charge on any atom is 0.174 e. The third-order valence-corrected chi connectivity index (χ3v) is 7.52. The molecule has 4 heteroatoms. The van der Waals surface area contributed by atoms with Crippen molar-refractivity contribution in [2.24, 2.45) is 11.3 Å². The second-order valence-corrected chi connectivity index (χ2v) is 10.4. The predicted octanol–water partition coefficient (Wildman–Crippen LogP) is 5.61. The van der Waals surface area contributed by atoms with E-state index >= 15 is 0 Å². The Morgan fingerprint density at radius 1 is 1.00 bits per heavy atom. The van der Waals surface area contributed by atoms with Crippen molar-refractivity contribution in [3.05, 3.63) is 35.9 Å². The maximum absolute atomic E-state index is 6.57. The van der Waals surface area contributed by atoms with Crippen LogP contribution >= 0.6 is 0 Å². The van der Waals surface area contributed by atoms with Crippen LogP contribution in [0.4, 0.5) is 0 Å². The first kappa shape index (κ1) is 22.7. The lowest BCUT2D eigenvalue weighted by Gasteiger charge is -2.64. The van der Waals surface area contributed by atoms with Gasteiger partial charge >= 0.3 is 0 Å². The van der Waals surface area contributed by atoms with E-state index in [0.717, 1.165) is 38.9 Å². The van der Waals surface area contributed by atoms with Gasteiger partial charge in [0.15, 0.2) is 5.79 Å². The highest BCUT2D eigenvalue weighted by Gasteiger charge is 2.63. The van der Waals surface area contributed by atoms with Gasteiger partial charge in [0.25, 0.3) is 0 Å². The van der Waals surface area contributed by atoms with Crippen molar-refractivity contribution >= 4 is 0 Å². The Bertz CT molecular complexity index is 666. The van der Waals surface area contributed by atoms with E-state index in [1.807, 2.05) is 0 Å². The Balaban J connectivity index is 1.82. The molecule has 2 aliphatic rings. The first-order chi connectivity index (χ1) is 13.6. The molecule has 3 rings (SSSR count).